The van der Waals surface area contributed by atoms with Crippen LogP contribution in [0.4, 0.5) is 0 Å². The predicted octanol–water partition coefficient (Wildman–Crippen LogP) is 2.64. The van der Waals surface area contributed by atoms with Gasteiger partial charge in [-0.15, -0.1) is 0 Å². The Morgan fingerprint density at radius 1 is 1.64 bits per heavy atom. The van der Waals surface area contributed by atoms with E-state index in [0.717, 1.165) is 17.2 Å². The maximum Gasteiger partial charge on any atom is 0.107 e. The van der Waals surface area contributed by atoms with Gasteiger partial charge in [-0.05, 0) is 24.6 Å². The molecule has 2 rings (SSSR count). The molecule has 14 heavy (non-hydrogen) atoms. The molecule has 1 aromatic rings. The minimum Gasteiger partial charge on any atom is -0.371 e. The van der Waals surface area contributed by atoms with Crippen LogP contribution in [0.25, 0.3) is 0 Å². The molecule has 1 aliphatic heterocycles. The van der Waals surface area contributed by atoms with E-state index >= 15 is 0 Å². The molecule has 0 amide bonds. The van der Waals surface area contributed by atoms with Crippen molar-refractivity contribution in [1.29, 1.82) is 0 Å². The minimum absolute atomic E-state index is 0.175. The van der Waals surface area contributed by atoms with Crippen molar-refractivity contribution >= 4 is 11.6 Å². The normalized spacial score (nSPS) is 22.0. The zero-order valence-electron chi connectivity index (χ0n) is 8.07. The molecule has 2 atom stereocenters. The van der Waals surface area contributed by atoms with Crippen LogP contribution in [0.3, 0.4) is 0 Å². The number of halogens is 1. The van der Waals surface area contributed by atoms with E-state index in [9.17, 15) is 0 Å². The average Bonchev–Trinajstić information content (AvgIpc) is 2.97. The van der Waals surface area contributed by atoms with Gasteiger partial charge in [-0.2, -0.15) is 0 Å². The van der Waals surface area contributed by atoms with Gasteiger partial charge in [-0.3, -0.25) is 0 Å². The third kappa shape index (κ3) is 2.71. The molecule has 0 unspecified atom stereocenters. The summed E-state index contributed by atoms with van der Waals surface area (Å²) < 4.78 is 10.8. The Morgan fingerprint density at radius 2 is 2.43 bits per heavy atom. The van der Waals surface area contributed by atoms with E-state index in [2.05, 4.69) is 0 Å². The molecule has 2 nitrogen and oxygen atoms in total. The van der Waals surface area contributed by atoms with E-state index in [1.807, 2.05) is 31.2 Å². The molecule has 1 aromatic carbocycles. The summed E-state index contributed by atoms with van der Waals surface area (Å²) in [5, 5.41) is 0.751. The topological polar surface area (TPSA) is 21.8 Å². The van der Waals surface area contributed by atoms with Crippen LogP contribution in [0, 0.1) is 0 Å². The summed E-state index contributed by atoms with van der Waals surface area (Å²) in [4.78, 5) is 0. The third-order valence-electron chi connectivity index (χ3n) is 2.28. The van der Waals surface area contributed by atoms with E-state index in [-0.39, 0.29) is 6.10 Å². The van der Waals surface area contributed by atoms with Crippen molar-refractivity contribution in [3.05, 3.63) is 34.9 Å². The Hall–Kier alpha value is -0.570. The Bertz CT molecular complexity index is 310. The summed E-state index contributed by atoms with van der Waals surface area (Å²) in [7, 11) is 0. The van der Waals surface area contributed by atoms with Crippen LogP contribution in [0.2, 0.25) is 5.02 Å². The summed E-state index contributed by atoms with van der Waals surface area (Å²) in [6.45, 7) is 3.46. The van der Waals surface area contributed by atoms with Gasteiger partial charge in [-0.1, -0.05) is 23.7 Å². The Labute approximate surface area is 88.8 Å². The Kier molecular flexibility index (Phi) is 3.06. The van der Waals surface area contributed by atoms with Crippen LogP contribution in [0.1, 0.15) is 12.5 Å². The fourth-order valence-electron chi connectivity index (χ4n) is 1.29. The molecule has 76 valence electrons. The molecule has 1 heterocycles. The fourth-order valence-corrected chi connectivity index (χ4v) is 1.50. The number of rotatable bonds is 4. The molecule has 0 saturated carbocycles. The maximum atomic E-state index is 5.85. The number of benzene rings is 1. The lowest BCUT2D eigenvalue weighted by atomic mass is 10.2. The highest BCUT2D eigenvalue weighted by molar-refractivity contribution is 6.30. The van der Waals surface area contributed by atoms with Crippen molar-refractivity contribution in [2.24, 2.45) is 0 Å². The molecule has 1 saturated heterocycles. The van der Waals surface area contributed by atoms with Gasteiger partial charge < -0.3 is 9.47 Å². The van der Waals surface area contributed by atoms with E-state index < -0.39 is 0 Å². The fraction of sp³-hybridized carbons (Fsp3) is 0.455. The molecule has 0 aliphatic carbocycles. The van der Waals surface area contributed by atoms with Crippen molar-refractivity contribution in [3.8, 4) is 0 Å². The quantitative estimate of drug-likeness (QED) is 0.716. The Morgan fingerprint density at radius 3 is 3.07 bits per heavy atom. The van der Waals surface area contributed by atoms with Gasteiger partial charge in [0.25, 0.3) is 0 Å². The second-order valence-corrected chi connectivity index (χ2v) is 3.95. The molecule has 0 spiro atoms. The number of epoxide rings is 1. The SMILES string of the molecule is C[C@@H](OCc1cccc(Cl)c1)[C@H]1CO1. The second kappa shape index (κ2) is 4.30. The lowest BCUT2D eigenvalue weighted by Crippen LogP contribution is -2.14. The first-order valence-electron chi connectivity index (χ1n) is 4.73. The maximum absolute atomic E-state index is 5.85. The van der Waals surface area contributed by atoms with E-state index in [4.69, 9.17) is 21.1 Å². The second-order valence-electron chi connectivity index (χ2n) is 3.52. The number of hydrogen-bond acceptors (Lipinski definition) is 2. The molecular formula is C11H13ClO2. The molecule has 0 radical (unpaired) electrons. The van der Waals surface area contributed by atoms with E-state index in [1.54, 1.807) is 0 Å². The van der Waals surface area contributed by atoms with Gasteiger partial charge in [0.05, 0.1) is 19.3 Å². The van der Waals surface area contributed by atoms with Gasteiger partial charge in [0.15, 0.2) is 0 Å². The highest BCUT2D eigenvalue weighted by atomic mass is 35.5. The van der Waals surface area contributed by atoms with Crippen LogP contribution in [0.15, 0.2) is 24.3 Å². The highest BCUT2D eigenvalue weighted by Gasteiger charge is 2.29. The van der Waals surface area contributed by atoms with Crippen molar-refractivity contribution in [2.75, 3.05) is 6.61 Å². The van der Waals surface area contributed by atoms with Crippen LogP contribution in [-0.2, 0) is 16.1 Å². The minimum atomic E-state index is 0.175. The predicted molar refractivity (Wildman–Crippen MR) is 55.4 cm³/mol. The van der Waals surface area contributed by atoms with Crippen LogP contribution in [-0.4, -0.2) is 18.8 Å². The van der Waals surface area contributed by atoms with Gasteiger partial charge in [0.1, 0.15) is 6.10 Å². The zero-order valence-corrected chi connectivity index (χ0v) is 8.83. The third-order valence-corrected chi connectivity index (χ3v) is 2.52. The molecule has 0 aromatic heterocycles. The van der Waals surface area contributed by atoms with Crippen LogP contribution < -0.4 is 0 Å². The summed E-state index contributed by atoms with van der Waals surface area (Å²) >= 11 is 5.85. The van der Waals surface area contributed by atoms with E-state index in [1.165, 1.54) is 0 Å². The summed E-state index contributed by atoms with van der Waals surface area (Å²) in [5.41, 5.74) is 1.10. The largest absolute Gasteiger partial charge is 0.371 e. The van der Waals surface area contributed by atoms with Gasteiger partial charge >= 0.3 is 0 Å². The van der Waals surface area contributed by atoms with Crippen LogP contribution >= 0.6 is 11.6 Å². The standard InChI is InChI=1S/C11H13ClO2/c1-8(11-7-14-11)13-6-9-3-2-4-10(12)5-9/h2-5,8,11H,6-7H2,1H3/t8-,11-/m1/s1. The zero-order chi connectivity index (χ0) is 9.97. The smallest absolute Gasteiger partial charge is 0.107 e. The summed E-state index contributed by atoms with van der Waals surface area (Å²) in [5.74, 6) is 0. The molecule has 3 heteroatoms. The van der Waals surface area contributed by atoms with Crippen molar-refractivity contribution < 1.29 is 9.47 Å². The first-order valence-corrected chi connectivity index (χ1v) is 5.11. The summed E-state index contributed by atoms with van der Waals surface area (Å²) in [6.07, 6.45) is 0.475. The molecular weight excluding hydrogens is 200 g/mol. The number of ether oxygens (including phenoxy) is 2. The van der Waals surface area contributed by atoms with Gasteiger partial charge in [-0.25, -0.2) is 0 Å². The van der Waals surface area contributed by atoms with Crippen LogP contribution in [0.5, 0.6) is 0 Å². The van der Waals surface area contributed by atoms with Crippen molar-refractivity contribution in [1.82, 2.24) is 0 Å². The Balaban J connectivity index is 1.84. The van der Waals surface area contributed by atoms with Crippen molar-refractivity contribution in [3.63, 3.8) is 0 Å². The molecule has 0 bridgehead atoms. The average molecular weight is 213 g/mol. The monoisotopic (exact) mass is 212 g/mol. The van der Waals surface area contributed by atoms with E-state index in [0.29, 0.717) is 12.7 Å². The molecule has 1 fully saturated rings. The summed E-state index contributed by atoms with van der Waals surface area (Å²) in [6, 6.07) is 7.71. The van der Waals surface area contributed by atoms with Gasteiger partial charge in [0.2, 0.25) is 0 Å². The lowest BCUT2D eigenvalue weighted by Gasteiger charge is -2.10. The lowest BCUT2D eigenvalue weighted by molar-refractivity contribution is 0.0340. The number of hydrogen-bond donors (Lipinski definition) is 0. The molecule has 1 aliphatic rings. The highest BCUT2D eigenvalue weighted by Crippen LogP contribution is 2.18. The molecule has 0 N–H and O–H groups in total. The first-order chi connectivity index (χ1) is 6.75. The first kappa shape index (κ1) is 9.97. The van der Waals surface area contributed by atoms with Crippen molar-refractivity contribution in [2.45, 2.75) is 25.7 Å². The van der Waals surface area contributed by atoms with Gasteiger partial charge in [0, 0.05) is 5.02 Å².